The fourth-order valence-corrected chi connectivity index (χ4v) is 3.01. The van der Waals surface area contributed by atoms with Gasteiger partial charge in [0.15, 0.2) is 0 Å². The van der Waals surface area contributed by atoms with E-state index in [2.05, 4.69) is 17.1 Å². The van der Waals surface area contributed by atoms with Crippen LogP contribution in [-0.4, -0.2) is 39.9 Å². The Hall–Kier alpha value is -3.20. The van der Waals surface area contributed by atoms with Crippen LogP contribution in [0.1, 0.15) is 5.56 Å². The minimum Gasteiger partial charge on any atom is -0.490 e. The molecule has 2 aromatic rings. The molecule has 9 heteroatoms. The normalized spacial score (nSPS) is 11.2. The van der Waals surface area contributed by atoms with Crippen LogP contribution in [-0.2, 0) is 14.8 Å². The summed E-state index contributed by atoms with van der Waals surface area (Å²) in [5, 5.41) is 3.81. The topological polar surface area (TPSA) is 88.1 Å². The summed E-state index contributed by atoms with van der Waals surface area (Å²) in [7, 11) is -3.74. The first-order valence-electron chi connectivity index (χ1n) is 8.18. The molecule has 1 amide bonds. The molecule has 0 aliphatic carbocycles. The van der Waals surface area contributed by atoms with Gasteiger partial charge in [0.25, 0.3) is 5.91 Å². The molecule has 0 spiro atoms. The maximum Gasteiger partial charge on any atom is 0.260 e. The fourth-order valence-electron chi connectivity index (χ4n) is 2.16. The summed E-state index contributed by atoms with van der Waals surface area (Å²) < 4.78 is 43.2. The second-order valence-electron chi connectivity index (χ2n) is 5.71. The van der Waals surface area contributed by atoms with E-state index in [9.17, 15) is 17.6 Å². The van der Waals surface area contributed by atoms with Gasteiger partial charge in [-0.1, -0.05) is 12.7 Å². The number of hydrogen-bond donors (Lipinski definition) is 1. The Morgan fingerprint density at radius 1 is 1.21 bits per heavy atom. The lowest BCUT2D eigenvalue weighted by Gasteiger charge is -2.21. The van der Waals surface area contributed by atoms with E-state index in [0.717, 1.165) is 22.7 Å². The first kappa shape index (κ1) is 21.1. The lowest BCUT2D eigenvalue weighted by atomic mass is 10.2. The van der Waals surface area contributed by atoms with Gasteiger partial charge in [0.2, 0.25) is 10.0 Å². The van der Waals surface area contributed by atoms with E-state index in [4.69, 9.17) is 4.74 Å². The van der Waals surface area contributed by atoms with Crippen molar-refractivity contribution in [1.82, 2.24) is 5.43 Å². The molecule has 0 radical (unpaired) electrons. The molecule has 0 saturated heterocycles. The standard InChI is InChI=1S/C19H20FN3O4S/c1-3-12-27-18-10-4-15(5-11-18)13-21-22-19(24)14-23(28(2,25)26)17-8-6-16(20)7-9-17/h3-11,13H,1,12,14H2,2H3,(H,22,24)/b21-13-. The molecule has 148 valence electrons. The number of benzene rings is 2. The number of anilines is 1. The third-order valence-electron chi connectivity index (χ3n) is 3.45. The van der Waals surface area contributed by atoms with Crippen LogP contribution in [0.15, 0.2) is 66.3 Å². The van der Waals surface area contributed by atoms with Crippen molar-refractivity contribution in [2.75, 3.05) is 23.7 Å². The Morgan fingerprint density at radius 2 is 1.86 bits per heavy atom. The minimum absolute atomic E-state index is 0.179. The molecule has 1 N–H and O–H groups in total. The number of ether oxygens (including phenoxy) is 1. The van der Waals surface area contributed by atoms with Crippen molar-refractivity contribution in [2.24, 2.45) is 5.10 Å². The molecule has 7 nitrogen and oxygen atoms in total. The molecule has 2 rings (SSSR count). The van der Waals surface area contributed by atoms with Crippen LogP contribution in [0.3, 0.4) is 0 Å². The van der Waals surface area contributed by atoms with Gasteiger partial charge in [-0.25, -0.2) is 18.2 Å². The van der Waals surface area contributed by atoms with E-state index in [1.807, 2.05) is 0 Å². The first-order valence-corrected chi connectivity index (χ1v) is 10.0. The van der Waals surface area contributed by atoms with E-state index in [1.54, 1.807) is 30.3 Å². The summed E-state index contributed by atoms with van der Waals surface area (Å²) in [5.74, 6) is -0.478. The first-order chi connectivity index (χ1) is 13.3. The van der Waals surface area contributed by atoms with Gasteiger partial charge in [0.05, 0.1) is 18.2 Å². The Balaban J connectivity index is 1.98. The van der Waals surface area contributed by atoms with E-state index in [1.165, 1.54) is 18.3 Å². The number of nitrogens with zero attached hydrogens (tertiary/aromatic N) is 2. The van der Waals surface area contributed by atoms with E-state index in [-0.39, 0.29) is 5.69 Å². The number of nitrogens with one attached hydrogen (secondary N) is 1. The number of amides is 1. The number of hydrazone groups is 1. The zero-order valence-corrected chi connectivity index (χ0v) is 16.0. The van der Waals surface area contributed by atoms with Gasteiger partial charge in [-0.3, -0.25) is 9.10 Å². The van der Waals surface area contributed by atoms with Gasteiger partial charge in [0, 0.05) is 0 Å². The van der Waals surface area contributed by atoms with Gasteiger partial charge >= 0.3 is 0 Å². The largest absolute Gasteiger partial charge is 0.490 e. The van der Waals surface area contributed by atoms with Crippen molar-refractivity contribution in [3.63, 3.8) is 0 Å². The van der Waals surface area contributed by atoms with Crippen LogP contribution >= 0.6 is 0 Å². The molecule has 0 fully saturated rings. The number of halogens is 1. The third kappa shape index (κ3) is 6.51. The number of carbonyl (C=O) groups excluding carboxylic acids is 1. The zero-order valence-electron chi connectivity index (χ0n) is 15.2. The fraction of sp³-hybridized carbons (Fsp3) is 0.158. The Bertz CT molecular complexity index is 942. The molecule has 28 heavy (non-hydrogen) atoms. The van der Waals surface area contributed by atoms with Crippen molar-refractivity contribution in [2.45, 2.75) is 0 Å². The smallest absolute Gasteiger partial charge is 0.260 e. The van der Waals surface area contributed by atoms with Crippen molar-refractivity contribution < 1.29 is 22.3 Å². The van der Waals surface area contributed by atoms with E-state index >= 15 is 0 Å². The third-order valence-corrected chi connectivity index (χ3v) is 4.59. The average molecular weight is 405 g/mol. The number of rotatable bonds is 9. The van der Waals surface area contributed by atoms with Crippen LogP contribution < -0.4 is 14.5 Å². The van der Waals surface area contributed by atoms with Gasteiger partial charge < -0.3 is 4.74 Å². The summed E-state index contributed by atoms with van der Waals surface area (Å²) in [4.78, 5) is 12.1. The van der Waals surface area contributed by atoms with Crippen molar-refractivity contribution in [1.29, 1.82) is 0 Å². The molecule has 0 saturated carbocycles. The molecule has 0 bridgehead atoms. The molecule has 0 atom stereocenters. The van der Waals surface area contributed by atoms with Crippen LogP contribution in [0, 0.1) is 5.82 Å². The predicted octanol–water partition coefficient (Wildman–Crippen LogP) is 2.31. The highest BCUT2D eigenvalue weighted by atomic mass is 32.2. The predicted molar refractivity (Wildman–Crippen MR) is 106 cm³/mol. The summed E-state index contributed by atoms with van der Waals surface area (Å²) in [5.41, 5.74) is 3.16. The molecular formula is C19H20FN3O4S. The van der Waals surface area contributed by atoms with Crippen molar-refractivity contribution in [3.05, 3.63) is 72.6 Å². The van der Waals surface area contributed by atoms with E-state index in [0.29, 0.717) is 17.9 Å². The number of hydrogen-bond acceptors (Lipinski definition) is 5. The Kier molecular flexibility index (Phi) is 7.28. The molecule has 0 heterocycles. The number of carbonyl (C=O) groups is 1. The van der Waals surface area contributed by atoms with Crippen molar-refractivity contribution in [3.8, 4) is 5.75 Å². The van der Waals surface area contributed by atoms with Gasteiger partial charge in [0.1, 0.15) is 24.7 Å². The highest BCUT2D eigenvalue weighted by molar-refractivity contribution is 7.92. The molecule has 2 aromatic carbocycles. The Labute approximate surface area is 163 Å². The van der Waals surface area contributed by atoms with Gasteiger partial charge in [-0.05, 0) is 54.1 Å². The molecule has 0 unspecified atom stereocenters. The number of sulfonamides is 1. The zero-order chi connectivity index (χ0) is 20.6. The van der Waals surface area contributed by atoms with Crippen LogP contribution in [0.25, 0.3) is 0 Å². The second-order valence-corrected chi connectivity index (χ2v) is 7.61. The maximum atomic E-state index is 13.0. The lowest BCUT2D eigenvalue weighted by molar-refractivity contribution is -0.119. The average Bonchev–Trinajstić information content (AvgIpc) is 2.65. The van der Waals surface area contributed by atoms with Gasteiger partial charge in [-0.15, -0.1) is 0 Å². The maximum absolute atomic E-state index is 13.0. The SMILES string of the molecule is C=CCOc1ccc(/C=N\NC(=O)CN(c2ccc(F)cc2)S(C)(=O)=O)cc1. The summed E-state index contributed by atoms with van der Waals surface area (Å²) >= 11 is 0. The summed E-state index contributed by atoms with van der Waals surface area (Å²) in [6.07, 6.45) is 4.01. The summed E-state index contributed by atoms with van der Waals surface area (Å²) in [6.45, 7) is 3.47. The Morgan fingerprint density at radius 3 is 2.43 bits per heavy atom. The molecule has 0 aromatic heterocycles. The minimum atomic E-state index is -3.74. The summed E-state index contributed by atoms with van der Waals surface area (Å²) in [6, 6.07) is 11.8. The van der Waals surface area contributed by atoms with Crippen LogP contribution in [0.4, 0.5) is 10.1 Å². The highest BCUT2D eigenvalue weighted by Gasteiger charge is 2.20. The monoisotopic (exact) mass is 405 g/mol. The molecule has 0 aliphatic rings. The second kappa shape index (κ2) is 9.65. The van der Waals surface area contributed by atoms with Crippen molar-refractivity contribution >= 4 is 27.8 Å². The highest BCUT2D eigenvalue weighted by Crippen LogP contribution is 2.17. The van der Waals surface area contributed by atoms with Gasteiger partial charge in [-0.2, -0.15) is 5.10 Å². The van der Waals surface area contributed by atoms with Crippen LogP contribution in [0.5, 0.6) is 5.75 Å². The quantitative estimate of drug-likeness (QED) is 0.394. The lowest BCUT2D eigenvalue weighted by Crippen LogP contribution is -2.39. The molecule has 0 aliphatic heterocycles. The van der Waals surface area contributed by atoms with E-state index < -0.39 is 28.3 Å². The van der Waals surface area contributed by atoms with Crippen LogP contribution in [0.2, 0.25) is 0 Å². The molecular weight excluding hydrogens is 385 g/mol.